The van der Waals surface area contributed by atoms with Crippen LogP contribution < -0.4 is 9.64 Å². The maximum atomic E-state index is 12.7. The quantitative estimate of drug-likeness (QED) is 0.748. The summed E-state index contributed by atoms with van der Waals surface area (Å²) in [6.45, 7) is 1.48. The highest BCUT2D eigenvalue weighted by atomic mass is 32.2. The fourth-order valence-electron chi connectivity index (χ4n) is 2.62. The Morgan fingerprint density at radius 2 is 2.04 bits per heavy atom. The molecule has 0 fully saturated rings. The predicted molar refractivity (Wildman–Crippen MR) is 96.7 cm³/mol. The van der Waals surface area contributed by atoms with E-state index in [2.05, 4.69) is 0 Å². The van der Waals surface area contributed by atoms with Gasteiger partial charge in [-0.3, -0.25) is 13.8 Å². The van der Waals surface area contributed by atoms with Crippen molar-refractivity contribution in [2.24, 2.45) is 0 Å². The van der Waals surface area contributed by atoms with Gasteiger partial charge in [-0.05, 0) is 37.3 Å². The van der Waals surface area contributed by atoms with Crippen molar-refractivity contribution in [2.45, 2.75) is 17.9 Å². The van der Waals surface area contributed by atoms with Crippen LogP contribution in [-0.2, 0) is 21.3 Å². The van der Waals surface area contributed by atoms with Crippen LogP contribution in [0.5, 0.6) is 5.75 Å². The molecule has 0 saturated carbocycles. The summed E-state index contributed by atoms with van der Waals surface area (Å²) in [6, 6.07) is 7.41. The van der Waals surface area contributed by atoms with E-state index in [9.17, 15) is 18.6 Å². The normalized spacial score (nSPS) is 15.6. The molecule has 2 unspecified atom stereocenters. The highest BCUT2D eigenvalue weighted by Crippen LogP contribution is 2.32. The van der Waals surface area contributed by atoms with E-state index in [1.165, 1.54) is 30.0 Å². The number of hydrogen-bond acceptors (Lipinski definition) is 6. The molecule has 2 atom stereocenters. The topological polar surface area (TPSA) is 114 Å². The fraction of sp³-hybridized carbons (Fsp3) is 0.278. The first-order valence-corrected chi connectivity index (χ1v) is 9.43. The van der Waals surface area contributed by atoms with Crippen LogP contribution >= 0.6 is 0 Å². The molecule has 1 N–H and O–H groups in total. The van der Waals surface area contributed by atoms with Crippen molar-refractivity contribution >= 4 is 34.1 Å². The van der Waals surface area contributed by atoms with Crippen LogP contribution in [0.25, 0.3) is 0 Å². The molecule has 8 nitrogen and oxygen atoms in total. The van der Waals surface area contributed by atoms with Gasteiger partial charge in [-0.15, -0.1) is 0 Å². The zero-order chi connectivity index (χ0) is 19.7. The maximum absolute atomic E-state index is 12.7. The molecule has 0 bridgehead atoms. The summed E-state index contributed by atoms with van der Waals surface area (Å²) in [5.74, 6) is -1.39. The van der Waals surface area contributed by atoms with Gasteiger partial charge in [0.25, 0.3) is 5.91 Å². The highest BCUT2D eigenvalue weighted by Gasteiger charge is 2.27. The first kappa shape index (κ1) is 18.8. The molecule has 0 spiro atoms. The van der Waals surface area contributed by atoms with Crippen molar-refractivity contribution in [3.63, 3.8) is 0 Å². The monoisotopic (exact) mass is 391 g/mol. The van der Waals surface area contributed by atoms with E-state index in [0.717, 1.165) is 0 Å². The molecule has 1 aliphatic rings. The lowest BCUT2D eigenvalue weighted by Gasteiger charge is -2.26. The lowest BCUT2D eigenvalue weighted by Crippen LogP contribution is -2.35. The number of furan rings is 1. The minimum atomic E-state index is -1.61. The molecule has 2 heterocycles. The number of fused-ring (bicyclic) bond motifs is 1. The molecule has 1 amide bonds. The minimum Gasteiger partial charge on any atom is -0.482 e. The molecule has 2 aromatic rings. The van der Waals surface area contributed by atoms with Crippen LogP contribution in [-0.4, -0.2) is 45.9 Å². The standard InChI is InChI=1S/C18H17NO7S/c1-10(27(24)9-12-4-6-15(26-12)18(22)23)17(21)11-3-5-14-13(7-11)19(2)16(20)8-25-14/h3-7,10H,8-9H2,1-2H3,(H,22,23). The van der Waals surface area contributed by atoms with Crippen molar-refractivity contribution in [3.05, 3.63) is 47.4 Å². The molecule has 0 radical (unpaired) electrons. The summed E-state index contributed by atoms with van der Waals surface area (Å²) < 4.78 is 22.9. The van der Waals surface area contributed by atoms with Gasteiger partial charge in [-0.1, -0.05) is 0 Å². The van der Waals surface area contributed by atoms with E-state index in [0.29, 0.717) is 17.0 Å². The van der Waals surface area contributed by atoms with Gasteiger partial charge in [0.15, 0.2) is 12.4 Å². The van der Waals surface area contributed by atoms with Gasteiger partial charge in [0, 0.05) is 23.4 Å². The fourth-order valence-corrected chi connectivity index (χ4v) is 3.68. The number of ketones is 1. The third-order valence-corrected chi connectivity index (χ3v) is 5.82. The third kappa shape index (κ3) is 3.77. The second-order valence-electron chi connectivity index (χ2n) is 6.03. The van der Waals surface area contributed by atoms with E-state index >= 15 is 0 Å². The minimum absolute atomic E-state index is 0.0569. The number of nitrogens with zero attached hydrogens (tertiary/aromatic N) is 1. The Balaban J connectivity index is 1.75. The summed E-state index contributed by atoms with van der Waals surface area (Å²) in [4.78, 5) is 36.7. The molecule has 1 aromatic carbocycles. The second-order valence-corrected chi connectivity index (χ2v) is 7.78. The van der Waals surface area contributed by atoms with E-state index in [-0.39, 0.29) is 35.6 Å². The zero-order valence-corrected chi connectivity index (χ0v) is 15.4. The van der Waals surface area contributed by atoms with Crippen LogP contribution in [0, 0.1) is 0 Å². The number of carboxylic acid groups (broad SMARTS) is 1. The Bertz CT molecular complexity index is 949. The number of aromatic carboxylic acids is 1. The average Bonchev–Trinajstić information content (AvgIpc) is 3.12. The smallest absolute Gasteiger partial charge is 0.371 e. The predicted octanol–water partition coefficient (Wildman–Crippen LogP) is 1.85. The Hall–Kier alpha value is -2.94. The number of carbonyl (C=O) groups is 3. The van der Waals surface area contributed by atoms with Crippen molar-refractivity contribution in [1.82, 2.24) is 0 Å². The zero-order valence-electron chi connectivity index (χ0n) is 14.6. The highest BCUT2D eigenvalue weighted by molar-refractivity contribution is 7.85. The van der Waals surface area contributed by atoms with Gasteiger partial charge in [0.05, 0.1) is 16.7 Å². The molecule has 142 valence electrons. The van der Waals surface area contributed by atoms with E-state index in [1.54, 1.807) is 19.2 Å². The summed E-state index contributed by atoms with van der Waals surface area (Å²) >= 11 is 0. The van der Waals surface area contributed by atoms with E-state index < -0.39 is 22.0 Å². The van der Waals surface area contributed by atoms with E-state index in [4.69, 9.17) is 14.3 Å². The molecule has 1 aromatic heterocycles. The number of likely N-dealkylation sites (N-methyl/N-ethyl adjacent to an activating group) is 1. The Labute approximate surface area is 157 Å². The summed E-state index contributed by atoms with van der Waals surface area (Å²) in [7, 11) is -0.0180. The molecule has 3 rings (SSSR count). The molecule has 27 heavy (non-hydrogen) atoms. The number of rotatable bonds is 6. The molecule has 9 heteroatoms. The largest absolute Gasteiger partial charge is 0.482 e. The van der Waals surface area contributed by atoms with Crippen molar-refractivity contribution < 1.29 is 32.9 Å². The Kier molecular flexibility index (Phi) is 5.13. The number of benzene rings is 1. The number of ether oxygens (including phenoxy) is 1. The van der Waals surface area contributed by atoms with Gasteiger partial charge in [-0.2, -0.15) is 0 Å². The number of carboxylic acids is 1. The molecule has 1 aliphatic heterocycles. The van der Waals surface area contributed by atoms with Crippen LogP contribution in [0.15, 0.2) is 34.7 Å². The van der Waals surface area contributed by atoms with Gasteiger partial charge < -0.3 is 19.2 Å². The lowest BCUT2D eigenvalue weighted by molar-refractivity contribution is -0.121. The van der Waals surface area contributed by atoms with Gasteiger partial charge in [-0.25, -0.2) is 4.79 Å². The number of Topliss-reactive ketones (excluding diaryl/α,β-unsaturated/α-hetero) is 1. The number of hydrogen-bond donors (Lipinski definition) is 1. The van der Waals surface area contributed by atoms with Crippen LogP contribution in [0.2, 0.25) is 0 Å². The summed E-state index contributed by atoms with van der Waals surface area (Å²) in [6.07, 6.45) is 0. The number of amides is 1. The molecule has 0 saturated heterocycles. The Morgan fingerprint density at radius 3 is 2.70 bits per heavy atom. The average molecular weight is 391 g/mol. The summed E-state index contributed by atoms with van der Waals surface area (Å²) in [5, 5.41) is 8.01. The molecular weight excluding hydrogens is 374 g/mol. The van der Waals surface area contributed by atoms with Gasteiger partial charge in [0.2, 0.25) is 5.76 Å². The van der Waals surface area contributed by atoms with Crippen molar-refractivity contribution in [2.75, 3.05) is 18.6 Å². The maximum Gasteiger partial charge on any atom is 0.371 e. The van der Waals surface area contributed by atoms with Crippen LogP contribution in [0.3, 0.4) is 0 Å². The van der Waals surface area contributed by atoms with E-state index in [1.807, 2.05) is 0 Å². The van der Waals surface area contributed by atoms with Gasteiger partial charge >= 0.3 is 5.97 Å². The lowest BCUT2D eigenvalue weighted by atomic mass is 10.1. The SMILES string of the molecule is CC(C(=O)c1ccc2c(c1)N(C)C(=O)CO2)S(=O)Cc1ccc(C(=O)O)o1. The molecule has 0 aliphatic carbocycles. The third-order valence-electron chi connectivity index (χ3n) is 4.25. The second kappa shape index (κ2) is 7.36. The van der Waals surface area contributed by atoms with Crippen LogP contribution in [0.1, 0.15) is 33.6 Å². The van der Waals surface area contributed by atoms with Crippen LogP contribution in [0.4, 0.5) is 5.69 Å². The first-order valence-electron chi connectivity index (χ1n) is 8.04. The van der Waals surface area contributed by atoms with Crippen molar-refractivity contribution in [3.8, 4) is 5.75 Å². The number of anilines is 1. The van der Waals surface area contributed by atoms with Crippen molar-refractivity contribution in [1.29, 1.82) is 0 Å². The first-order chi connectivity index (χ1) is 12.8. The number of carbonyl (C=O) groups excluding carboxylic acids is 2. The molecular formula is C18H17NO7S. The van der Waals surface area contributed by atoms with Gasteiger partial charge in [0.1, 0.15) is 11.5 Å². The summed E-state index contributed by atoms with van der Waals surface area (Å²) in [5.41, 5.74) is 0.789. The Morgan fingerprint density at radius 1 is 1.30 bits per heavy atom.